The fourth-order valence-electron chi connectivity index (χ4n) is 1.53. The molecular weight excluding hydrogens is 224 g/mol. The topological polar surface area (TPSA) is 83.6 Å². The lowest BCUT2D eigenvalue weighted by Gasteiger charge is -2.27. The van der Waals surface area contributed by atoms with Gasteiger partial charge in [-0.25, -0.2) is 9.69 Å². The third-order valence-electron chi connectivity index (χ3n) is 2.35. The second kappa shape index (κ2) is 4.17. The molecule has 0 aromatic heterocycles. The quantitative estimate of drug-likeness (QED) is 0.578. The minimum atomic E-state index is -1.46. The van der Waals surface area contributed by atoms with Gasteiger partial charge in [-0.1, -0.05) is 18.2 Å². The van der Waals surface area contributed by atoms with E-state index in [4.69, 9.17) is 0 Å². The van der Waals surface area contributed by atoms with Crippen molar-refractivity contribution in [2.45, 2.75) is 0 Å². The van der Waals surface area contributed by atoms with E-state index in [2.05, 4.69) is 0 Å². The molecule has 0 aliphatic carbocycles. The summed E-state index contributed by atoms with van der Waals surface area (Å²) in [4.78, 5) is 46.0. The van der Waals surface area contributed by atoms with Gasteiger partial charge in [0.05, 0.1) is 5.69 Å². The summed E-state index contributed by atoms with van der Waals surface area (Å²) in [5.74, 6) is -3.19. The van der Waals surface area contributed by atoms with Gasteiger partial charge in [-0.05, 0) is 12.1 Å². The van der Waals surface area contributed by atoms with Crippen molar-refractivity contribution in [1.29, 1.82) is 0 Å². The van der Waals surface area contributed by atoms with Crippen LogP contribution in [0, 0.1) is 5.92 Å². The summed E-state index contributed by atoms with van der Waals surface area (Å²) in [6, 6.07) is 7.23. The number of imide groups is 2. The zero-order valence-corrected chi connectivity index (χ0v) is 8.62. The van der Waals surface area contributed by atoms with Crippen molar-refractivity contribution >= 4 is 29.8 Å². The lowest BCUT2D eigenvalue weighted by molar-refractivity contribution is -0.137. The highest BCUT2D eigenvalue weighted by Gasteiger charge is 2.40. The molecule has 1 unspecified atom stereocenters. The van der Waals surface area contributed by atoms with Crippen LogP contribution >= 0.6 is 0 Å². The van der Waals surface area contributed by atoms with Crippen LogP contribution in [0.15, 0.2) is 30.3 Å². The Morgan fingerprint density at radius 1 is 1.12 bits per heavy atom. The van der Waals surface area contributed by atoms with Gasteiger partial charge >= 0.3 is 6.03 Å². The maximum atomic E-state index is 11.8. The molecule has 6 heteroatoms. The highest BCUT2D eigenvalue weighted by atomic mass is 16.2. The Labute approximate surface area is 96.2 Å². The summed E-state index contributed by atoms with van der Waals surface area (Å²) in [5, 5.41) is 1.96. The van der Waals surface area contributed by atoms with E-state index < -0.39 is 23.8 Å². The molecule has 6 nitrogen and oxygen atoms in total. The molecule has 4 amide bonds. The lowest BCUT2D eigenvalue weighted by atomic mass is 10.1. The highest BCUT2D eigenvalue weighted by Crippen LogP contribution is 2.19. The lowest BCUT2D eigenvalue weighted by Crippen LogP contribution is -2.58. The van der Waals surface area contributed by atoms with Crippen molar-refractivity contribution in [3.05, 3.63) is 30.3 Å². The first-order valence-electron chi connectivity index (χ1n) is 4.84. The molecule has 1 aromatic carbocycles. The molecule has 0 radical (unpaired) electrons. The molecular formula is C11H8N2O4. The molecule has 0 saturated carbocycles. The highest BCUT2D eigenvalue weighted by molar-refractivity contribution is 6.32. The number of anilines is 1. The van der Waals surface area contributed by atoms with Gasteiger partial charge in [0, 0.05) is 0 Å². The summed E-state index contributed by atoms with van der Waals surface area (Å²) < 4.78 is 0. The largest absolute Gasteiger partial charge is 0.335 e. The number of hydrogen-bond acceptors (Lipinski definition) is 4. The first-order chi connectivity index (χ1) is 8.15. The Hall–Kier alpha value is -2.50. The number of barbiturate groups is 1. The number of para-hydroxylation sites is 1. The predicted molar refractivity (Wildman–Crippen MR) is 57.0 cm³/mol. The van der Waals surface area contributed by atoms with Gasteiger partial charge in [0.2, 0.25) is 5.91 Å². The van der Waals surface area contributed by atoms with E-state index in [1.807, 2.05) is 5.32 Å². The molecule has 1 aromatic rings. The smallest absolute Gasteiger partial charge is 0.302 e. The molecule has 1 atom stereocenters. The van der Waals surface area contributed by atoms with Crippen molar-refractivity contribution in [2.75, 3.05) is 4.90 Å². The standard InChI is InChI=1S/C11H8N2O4/c14-6-8-9(15)12-11(17)13(10(8)16)7-4-2-1-3-5-7/h1-6,8H,(H,12,15,17). The van der Waals surface area contributed by atoms with Gasteiger partial charge in [0.25, 0.3) is 5.91 Å². The number of rotatable bonds is 2. The van der Waals surface area contributed by atoms with E-state index in [0.29, 0.717) is 5.69 Å². The van der Waals surface area contributed by atoms with Gasteiger partial charge in [0.15, 0.2) is 5.92 Å². The van der Waals surface area contributed by atoms with Crippen LogP contribution in [0.1, 0.15) is 0 Å². The third kappa shape index (κ3) is 1.80. The number of nitrogens with zero attached hydrogens (tertiary/aromatic N) is 1. The summed E-state index contributed by atoms with van der Waals surface area (Å²) in [6.07, 6.45) is 0.222. The fourth-order valence-corrected chi connectivity index (χ4v) is 1.53. The number of carbonyl (C=O) groups excluding carboxylic acids is 4. The van der Waals surface area contributed by atoms with Crippen molar-refractivity contribution in [2.24, 2.45) is 5.92 Å². The molecule has 1 fully saturated rings. The van der Waals surface area contributed by atoms with Crippen LogP contribution in [-0.2, 0) is 14.4 Å². The van der Waals surface area contributed by atoms with E-state index in [0.717, 1.165) is 4.90 Å². The predicted octanol–water partition coefficient (Wildman–Crippen LogP) is 0.0845. The zero-order chi connectivity index (χ0) is 12.4. The molecule has 0 bridgehead atoms. The van der Waals surface area contributed by atoms with Crippen molar-refractivity contribution < 1.29 is 19.2 Å². The van der Waals surface area contributed by atoms with Gasteiger partial charge < -0.3 is 4.79 Å². The number of benzene rings is 1. The third-order valence-corrected chi connectivity index (χ3v) is 2.35. The minimum Gasteiger partial charge on any atom is -0.302 e. The number of nitrogens with one attached hydrogen (secondary N) is 1. The fraction of sp³-hybridized carbons (Fsp3) is 0.0909. The Bertz CT molecular complexity index is 497. The summed E-state index contributed by atoms with van der Waals surface area (Å²) in [6.45, 7) is 0. The summed E-state index contributed by atoms with van der Waals surface area (Å²) in [5.41, 5.74) is 0.314. The van der Waals surface area contributed by atoms with E-state index >= 15 is 0 Å². The van der Waals surface area contributed by atoms with Crippen molar-refractivity contribution in [1.82, 2.24) is 5.32 Å². The minimum absolute atomic E-state index is 0.222. The zero-order valence-electron chi connectivity index (χ0n) is 8.62. The summed E-state index contributed by atoms with van der Waals surface area (Å²) in [7, 11) is 0. The second-order valence-electron chi connectivity index (χ2n) is 3.42. The average molecular weight is 232 g/mol. The van der Waals surface area contributed by atoms with Crippen LogP contribution in [0.4, 0.5) is 10.5 Å². The van der Waals surface area contributed by atoms with E-state index in [1.54, 1.807) is 18.2 Å². The molecule has 1 N–H and O–H groups in total. The molecule has 17 heavy (non-hydrogen) atoms. The van der Waals surface area contributed by atoms with E-state index in [-0.39, 0.29) is 6.29 Å². The normalized spacial score (nSPS) is 20.1. The first kappa shape index (κ1) is 11.0. The number of amides is 4. The van der Waals surface area contributed by atoms with Crippen LogP contribution in [0.3, 0.4) is 0 Å². The van der Waals surface area contributed by atoms with Crippen LogP contribution in [0.5, 0.6) is 0 Å². The second-order valence-corrected chi connectivity index (χ2v) is 3.42. The number of aldehydes is 1. The Kier molecular flexibility index (Phi) is 2.70. The van der Waals surface area contributed by atoms with Gasteiger partial charge in [-0.3, -0.25) is 14.9 Å². The van der Waals surface area contributed by atoms with E-state index in [1.165, 1.54) is 12.1 Å². The van der Waals surface area contributed by atoms with E-state index in [9.17, 15) is 19.2 Å². The molecule has 86 valence electrons. The Balaban J connectivity index is 2.40. The molecule has 1 saturated heterocycles. The molecule has 1 aliphatic rings. The van der Waals surface area contributed by atoms with Crippen molar-refractivity contribution in [3.63, 3.8) is 0 Å². The maximum absolute atomic E-state index is 11.8. The Morgan fingerprint density at radius 2 is 1.76 bits per heavy atom. The van der Waals surface area contributed by atoms with Crippen LogP contribution in [0.2, 0.25) is 0 Å². The van der Waals surface area contributed by atoms with Crippen LogP contribution in [0.25, 0.3) is 0 Å². The Morgan fingerprint density at radius 3 is 2.35 bits per heavy atom. The number of carbonyl (C=O) groups is 4. The summed E-state index contributed by atoms with van der Waals surface area (Å²) >= 11 is 0. The maximum Gasteiger partial charge on any atom is 0.335 e. The average Bonchev–Trinajstić information content (AvgIpc) is 2.30. The monoisotopic (exact) mass is 232 g/mol. The molecule has 2 rings (SSSR count). The first-order valence-corrected chi connectivity index (χ1v) is 4.84. The van der Waals surface area contributed by atoms with Crippen LogP contribution in [-0.4, -0.2) is 24.1 Å². The van der Waals surface area contributed by atoms with Crippen LogP contribution < -0.4 is 10.2 Å². The SMILES string of the molecule is O=CC1C(=O)NC(=O)N(c2ccccc2)C1=O. The van der Waals surface area contributed by atoms with Gasteiger partial charge in [0.1, 0.15) is 6.29 Å². The van der Waals surface area contributed by atoms with Gasteiger partial charge in [-0.2, -0.15) is 0 Å². The van der Waals surface area contributed by atoms with Gasteiger partial charge in [-0.15, -0.1) is 0 Å². The molecule has 1 aliphatic heterocycles. The molecule has 0 spiro atoms. The number of hydrogen-bond donors (Lipinski definition) is 1. The number of urea groups is 1. The van der Waals surface area contributed by atoms with Crippen molar-refractivity contribution in [3.8, 4) is 0 Å². The molecule has 1 heterocycles.